The SMILES string of the molecule is CC(C)[C@H](CC(=O)[C@H](C)NC(=O)[C@@H](CC(=O)c1ccccc1)C(C)(C)C)C(=O)C(=O)C[C@H](C)c1ccccc1. The molecule has 4 atom stereocenters. The van der Waals surface area contributed by atoms with Crippen LogP contribution in [0.2, 0.25) is 0 Å². The third-order valence-electron chi connectivity index (χ3n) is 7.39. The van der Waals surface area contributed by atoms with Gasteiger partial charge in [0.2, 0.25) is 11.7 Å². The summed E-state index contributed by atoms with van der Waals surface area (Å²) in [6.45, 7) is 12.8. The zero-order chi connectivity index (χ0) is 29.3. The van der Waals surface area contributed by atoms with Crippen LogP contribution in [0.5, 0.6) is 0 Å². The lowest BCUT2D eigenvalue weighted by atomic mass is 9.76. The summed E-state index contributed by atoms with van der Waals surface area (Å²) in [5.41, 5.74) is 0.995. The zero-order valence-corrected chi connectivity index (χ0v) is 24.3. The Morgan fingerprint density at radius 3 is 1.79 bits per heavy atom. The molecule has 0 unspecified atom stereocenters. The van der Waals surface area contributed by atoms with Crippen LogP contribution < -0.4 is 5.32 Å². The molecule has 0 saturated carbocycles. The van der Waals surface area contributed by atoms with E-state index in [0.29, 0.717) is 5.56 Å². The van der Waals surface area contributed by atoms with Crippen molar-refractivity contribution in [2.75, 3.05) is 0 Å². The van der Waals surface area contributed by atoms with E-state index >= 15 is 0 Å². The standard InChI is InChI=1S/C33H43NO5/c1-21(2)26(31(38)30(37)18-22(3)24-14-10-8-11-15-24)19-28(35)23(4)34-32(39)27(33(5,6)7)20-29(36)25-16-12-9-13-17-25/h8-17,21-23,26-27H,18-20H2,1-7H3,(H,34,39)/t22-,23-,26-,27+/m0/s1. The molecule has 210 valence electrons. The van der Waals surface area contributed by atoms with Gasteiger partial charge in [0, 0.05) is 30.7 Å². The van der Waals surface area contributed by atoms with Crippen LogP contribution in [0, 0.1) is 23.2 Å². The van der Waals surface area contributed by atoms with Crippen molar-refractivity contribution >= 4 is 29.0 Å². The Morgan fingerprint density at radius 1 is 0.744 bits per heavy atom. The average Bonchev–Trinajstić information content (AvgIpc) is 2.89. The van der Waals surface area contributed by atoms with Crippen molar-refractivity contribution in [2.24, 2.45) is 23.2 Å². The number of benzene rings is 2. The maximum absolute atomic E-state index is 13.3. The monoisotopic (exact) mass is 533 g/mol. The van der Waals surface area contributed by atoms with E-state index < -0.39 is 34.9 Å². The van der Waals surface area contributed by atoms with Gasteiger partial charge in [0.25, 0.3) is 0 Å². The van der Waals surface area contributed by atoms with Crippen LogP contribution in [0.3, 0.4) is 0 Å². The highest BCUT2D eigenvalue weighted by Gasteiger charge is 2.36. The molecule has 0 heterocycles. The number of carbonyl (C=O) groups excluding carboxylic acids is 5. The van der Waals surface area contributed by atoms with E-state index in [-0.39, 0.29) is 48.6 Å². The quantitative estimate of drug-likeness (QED) is 0.238. The number of hydrogen-bond acceptors (Lipinski definition) is 5. The fraction of sp³-hybridized carbons (Fsp3) is 0.485. The second-order valence-electron chi connectivity index (χ2n) is 12.0. The van der Waals surface area contributed by atoms with Gasteiger partial charge in [0.1, 0.15) is 0 Å². The van der Waals surface area contributed by atoms with Crippen molar-refractivity contribution in [1.29, 1.82) is 0 Å². The molecule has 39 heavy (non-hydrogen) atoms. The number of Topliss-reactive ketones (excluding diaryl/α,β-unsaturated/α-hetero) is 4. The van der Waals surface area contributed by atoms with Crippen molar-refractivity contribution in [1.82, 2.24) is 5.32 Å². The van der Waals surface area contributed by atoms with E-state index in [0.717, 1.165) is 5.56 Å². The van der Waals surface area contributed by atoms with Gasteiger partial charge in [-0.3, -0.25) is 24.0 Å². The summed E-state index contributed by atoms with van der Waals surface area (Å²) in [5.74, 6) is -3.60. The number of nitrogens with one attached hydrogen (secondary N) is 1. The van der Waals surface area contributed by atoms with Crippen LogP contribution in [0.1, 0.15) is 89.6 Å². The number of hydrogen-bond donors (Lipinski definition) is 1. The number of ketones is 4. The maximum Gasteiger partial charge on any atom is 0.224 e. The fourth-order valence-electron chi connectivity index (χ4n) is 4.62. The van der Waals surface area contributed by atoms with Crippen LogP contribution >= 0.6 is 0 Å². The molecule has 0 radical (unpaired) electrons. The molecule has 0 bridgehead atoms. The molecule has 0 aliphatic rings. The third-order valence-corrected chi connectivity index (χ3v) is 7.39. The Labute approximate surface area is 233 Å². The molecular weight excluding hydrogens is 490 g/mol. The highest BCUT2D eigenvalue weighted by molar-refractivity contribution is 6.38. The summed E-state index contributed by atoms with van der Waals surface area (Å²) in [5, 5.41) is 2.77. The van der Waals surface area contributed by atoms with E-state index in [4.69, 9.17) is 0 Å². The van der Waals surface area contributed by atoms with Crippen molar-refractivity contribution in [2.45, 2.75) is 79.7 Å². The first-order valence-electron chi connectivity index (χ1n) is 13.8. The molecule has 0 aliphatic carbocycles. The normalized spacial score (nSPS) is 14.7. The van der Waals surface area contributed by atoms with E-state index in [2.05, 4.69) is 5.32 Å². The minimum Gasteiger partial charge on any atom is -0.346 e. The van der Waals surface area contributed by atoms with Gasteiger partial charge >= 0.3 is 0 Å². The third kappa shape index (κ3) is 9.38. The van der Waals surface area contributed by atoms with Crippen LogP contribution in [-0.4, -0.2) is 35.1 Å². The summed E-state index contributed by atoms with van der Waals surface area (Å²) in [6, 6.07) is 17.5. The lowest BCUT2D eigenvalue weighted by Crippen LogP contribution is -2.46. The summed E-state index contributed by atoms with van der Waals surface area (Å²) >= 11 is 0. The van der Waals surface area contributed by atoms with Gasteiger partial charge in [-0.25, -0.2) is 0 Å². The van der Waals surface area contributed by atoms with Crippen LogP contribution in [0.15, 0.2) is 60.7 Å². The minimum atomic E-state index is -0.860. The van der Waals surface area contributed by atoms with Crippen molar-refractivity contribution < 1.29 is 24.0 Å². The molecular formula is C33H43NO5. The molecule has 2 aromatic rings. The van der Waals surface area contributed by atoms with Gasteiger partial charge < -0.3 is 5.32 Å². The van der Waals surface area contributed by atoms with Crippen LogP contribution in [0.25, 0.3) is 0 Å². The van der Waals surface area contributed by atoms with E-state index in [1.807, 2.05) is 77.9 Å². The van der Waals surface area contributed by atoms with Crippen molar-refractivity contribution in [3.8, 4) is 0 Å². The molecule has 0 fully saturated rings. The first-order valence-corrected chi connectivity index (χ1v) is 13.8. The fourth-order valence-corrected chi connectivity index (χ4v) is 4.62. The van der Waals surface area contributed by atoms with E-state index in [1.165, 1.54) is 0 Å². The lowest BCUT2D eigenvalue weighted by molar-refractivity contribution is -0.141. The van der Waals surface area contributed by atoms with Gasteiger partial charge in [-0.15, -0.1) is 0 Å². The highest BCUT2D eigenvalue weighted by Crippen LogP contribution is 2.31. The Kier molecular flexibility index (Phi) is 11.5. The van der Waals surface area contributed by atoms with Crippen LogP contribution in [-0.2, 0) is 19.2 Å². The molecule has 0 aromatic heterocycles. The van der Waals surface area contributed by atoms with Gasteiger partial charge in [-0.1, -0.05) is 102 Å². The number of carbonyl (C=O) groups is 5. The molecule has 1 amide bonds. The van der Waals surface area contributed by atoms with E-state index in [9.17, 15) is 24.0 Å². The van der Waals surface area contributed by atoms with Crippen molar-refractivity contribution in [3.05, 3.63) is 71.8 Å². The minimum absolute atomic E-state index is 0.0153. The molecule has 2 rings (SSSR count). The first-order chi connectivity index (χ1) is 18.2. The van der Waals surface area contributed by atoms with Crippen LogP contribution in [0.4, 0.5) is 0 Å². The van der Waals surface area contributed by atoms with E-state index in [1.54, 1.807) is 31.2 Å². The highest BCUT2D eigenvalue weighted by atomic mass is 16.2. The zero-order valence-electron chi connectivity index (χ0n) is 24.3. The number of rotatable bonds is 14. The second-order valence-corrected chi connectivity index (χ2v) is 12.0. The predicted molar refractivity (Wildman–Crippen MR) is 153 cm³/mol. The predicted octanol–water partition coefficient (Wildman–Crippen LogP) is 5.99. The maximum atomic E-state index is 13.3. The molecule has 0 spiro atoms. The summed E-state index contributed by atoms with van der Waals surface area (Å²) in [6.07, 6.45) is -0.0384. The molecule has 0 saturated heterocycles. The topological polar surface area (TPSA) is 97.4 Å². The molecule has 6 heteroatoms. The molecule has 0 aliphatic heterocycles. The Bertz CT molecular complexity index is 1150. The first kappa shape index (κ1) is 31.8. The van der Waals surface area contributed by atoms with Gasteiger partial charge in [0.05, 0.1) is 12.0 Å². The molecule has 1 N–H and O–H groups in total. The molecule has 6 nitrogen and oxygen atoms in total. The van der Waals surface area contributed by atoms with Gasteiger partial charge in [0.15, 0.2) is 17.3 Å². The Morgan fingerprint density at radius 2 is 1.28 bits per heavy atom. The lowest BCUT2D eigenvalue weighted by Gasteiger charge is -2.30. The smallest absolute Gasteiger partial charge is 0.224 e. The Balaban J connectivity index is 2.05. The van der Waals surface area contributed by atoms with Gasteiger partial charge in [-0.05, 0) is 29.7 Å². The molecule has 2 aromatic carbocycles. The number of amides is 1. The average molecular weight is 534 g/mol. The Hall–Kier alpha value is -3.41. The summed E-state index contributed by atoms with van der Waals surface area (Å²) in [4.78, 5) is 65.2. The van der Waals surface area contributed by atoms with Gasteiger partial charge in [-0.2, -0.15) is 0 Å². The summed E-state index contributed by atoms with van der Waals surface area (Å²) in [7, 11) is 0. The largest absolute Gasteiger partial charge is 0.346 e. The van der Waals surface area contributed by atoms with Crippen molar-refractivity contribution in [3.63, 3.8) is 0 Å². The second kappa shape index (κ2) is 14.1. The summed E-state index contributed by atoms with van der Waals surface area (Å²) < 4.78 is 0.